The summed E-state index contributed by atoms with van der Waals surface area (Å²) >= 11 is 1.62. The van der Waals surface area contributed by atoms with E-state index in [9.17, 15) is 4.79 Å². The molecule has 0 saturated heterocycles. The maximum Gasteiger partial charge on any atom is 0.230 e. The smallest absolute Gasteiger partial charge is 0.230 e. The van der Waals surface area contributed by atoms with Crippen molar-refractivity contribution in [2.24, 2.45) is 0 Å². The first-order valence-corrected chi connectivity index (χ1v) is 9.47. The number of carbonyl (C=O) groups excluding carboxylic acids is 1. The third-order valence-electron chi connectivity index (χ3n) is 3.78. The number of carbonyl (C=O) groups is 1. The molecule has 25 heavy (non-hydrogen) atoms. The Morgan fingerprint density at radius 1 is 0.920 bits per heavy atom. The van der Waals surface area contributed by atoms with Crippen molar-refractivity contribution in [3.8, 4) is 11.5 Å². The van der Waals surface area contributed by atoms with Crippen molar-refractivity contribution in [2.75, 3.05) is 26.5 Å². The van der Waals surface area contributed by atoms with E-state index in [1.165, 1.54) is 11.1 Å². The van der Waals surface area contributed by atoms with Crippen LogP contribution in [0.4, 0.5) is 0 Å². The maximum atomic E-state index is 11.9. The number of methoxy groups -OCH3 is 2. The van der Waals surface area contributed by atoms with Crippen LogP contribution in [0.1, 0.15) is 17.5 Å². The van der Waals surface area contributed by atoms with E-state index in [1.807, 2.05) is 36.4 Å². The average molecular weight is 359 g/mol. The monoisotopic (exact) mass is 359 g/mol. The SMILES string of the molecule is COc1ccc(CCCNC(=O)CSCc2ccc(OC)cc2)cc1. The lowest BCUT2D eigenvalue weighted by atomic mass is 10.1. The molecule has 0 bridgehead atoms. The maximum absolute atomic E-state index is 11.9. The molecule has 5 heteroatoms. The van der Waals surface area contributed by atoms with Gasteiger partial charge in [0.15, 0.2) is 0 Å². The summed E-state index contributed by atoms with van der Waals surface area (Å²) in [5.41, 5.74) is 2.45. The zero-order valence-corrected chi connectivity index (χ0v) is 15.6. The van der Waals surface area contributed by atoms with Crippen molar-refractivity contribution in [3.63, 3.8) is 0 Å². The van der Waals surface area contributed by atoms with Crippen molar-refractivity contribution in [1.82, 2.24) is 5.32 Å². The van der Waals surface area contributed by atoms with E-state index < -0.39 is 0 Å². The molecule has 0 aliphatic rings. The molecule has 0 aliphatic carbocycles. The summed E-state index contributed by atoms with van der Waals surface area (Å²) in [6, 6.07) is 16.0. The van der Waals surface area contributed by atoms with Gasteiger partial charge in [0.25, 0.3) is 0 Å². The molecule has 0 unspecified atom stereocenters. The number of nitrogens with one attached hydrogen (secondary N) is 1. The summed E-state index contributed by atoms with van der Waals surface area (Å²) in [6.45, 7) is 0.702. The lowest BCUT2D eigenvalue weighted by Gasteiger charge is -2.07. The van der Waals surface area contributed by atoms with E-state index in [-0.39, 0.29) is 5.91 Å². The highest BCUT2D eigenvalue weighted by molar-refractivity contribution is 7.99. The van der Waals surface area contributed by atoms with Gasteiger partial charge in [0.1, 0.15) is 11.5 Å². The zero-order valence-electron chi connectivity index (χ0n) is 14.8. The van der Waals surface area contributed by atoms with Crippen molar-refractivity contribution in [1.29, 1.82) is 0 Å². The number of thioether (sulfide) groups is 1. The van der Waals surface area contributed by atoms with Gasteiger partial charge in [-0.15, -0.1) is 11.8 Å². The Hall–Kier alpha value is -2.14. The van der Waals surface area contributed by atoms with Crippen LogP contribution in [0.3, 0.4) is 0 Å². The molecule has 2 aromatic rings. The first kappa shape index (κ1) is 19.2. The van der Waals surface area contributed by atoms with Crippen molar-refractivity contribution < 1.29 is 14.3 Å². The van der Waals surface area contributed by atoms with E-state index >= 15 is 0 Å². The number of amides is 1. The standard InChI is InChI=1S/C20H25NO3S/c1-23-18-9-5-16(6-10-18)4-3-13-21-20(22)15-25-14-17-7-11-19(24-2)12-8-17/h5-12H,3-4,13-15H2,1-2H3,(H,21,22). The van der Waals surface area contributed by atoms with Crippen molar-refractivity contribution in [2.45, 2.75) is 18.6 Å². The Morgan fingerprint density at radius 2 is 1.48 bits per heavy atom. The predicted molar refractivity (Wildman–Crippen MR) is 103 cm³/mol. The lowest BCUT2D eigenvalue weighted by Crippen LogP contribution is -2.26. The largest absolute Gasteiger partial charge is 0.497 e. The molecule has 0 atom stereocenters. The summed E-state index contributed by atoms with van der Waals surface area (Å²) in [6.07, 6.45) is 1.88. The zero-order chi connectivity index (χ0) is 17.9. The predicted octanol–water partition coefficient (Wildman–Crippen LogP) is 3.69. The van der Waals surface area contributed by atoms with Gasteiger partial charge in [-0.1, -0.05) is 24.3 Å². The molecule has 1 N–H and O–H groups in total. The van der Waals surface area contributed by atoms with Crippen molar-refractivity contribution in [3.05, 3.63) is 59.7 Å². The molecule has 0 radical (unpaired) electrons. The second kappa shape index (κ2) is 10.7. The second-order valence-corrected chi connectivity index (χ2v) is 6.63. The van der Waals surface area contributed by atoms with E-state index in [4.69, 9.17) is 9.47 Å². The summed E-state index contributed by atoms with van der Waals surface area (Å²) in [4.78, 5) is 11.9. The van der Waals surface area contributed by atoms with Gasteiger partial charge in [-0.05, 0) is 48.2 Å². The number of hydrogen-bond acceptors (Lipinski definition) is 4. The number of ether oxygens (including phenoxy) is 2. The quantitative estimate of drug-likeness (QED) is 0.657. The van der Waals surface area contributed by atoms with Crippen LogP contribution in [0, 0.1) is 0 Å². The van der Waals surface area contributed by atoms with Crippen LogP contribution >= 0.6 is 11.8 Å². The van der Waals surface area contributed by atoms with Crippen LogP contribution in [0.15, 0.2) is 48.5 Å². The first-order valence-electron chi connectivity index (χ1n) is 8.31. The van der Waals surface area contributed by atoms with E-state index in [1.54, 1.807) is 26.0 Å². The van der Waals surface area contributed by atoms with Gasteiger partial charge in [0.05, 0.1) is 20.0 Å². The van der Waals surface area contributed by atoms with Gasteiger partial charge in [-0.2, -0.15) is 0 Å². The molecule has 0 saturated carbocycles. The lowest BCUT2D eigenvalue weighted by molar-refractivity contribution is -0.118. The van der Waals surface area contributed by atoms with Gasteiger partial charge in [-0.3, -0.25) is 4.79 Å². The van der Waals surface area contributed by atoms with Gasteiger partial charge in [0, 0.05) is 12.3 Å². The van der Waals surface area contributed by atoms with Crippen LogP contribution in [0.25, 0.3) is 0 Å². The molecule has 134 valence electrons. The Bertz CT molecular complexity index is 641. The first-order chi connectivity index (χ1) is 12.2. The molecule has 1 amide bonds. The highest BCUT2D eigenvalue weighted by atomic mass is 32.2. The second-order valence-electron chi connectivity index (χ2n) is 5.64. The van der Waals surface area contributed by atoms with Gasteiger partial charge >= 0.3 is 0 Å². The molecular formula is C20H25NO3S. The highest BCUT2D eigenvalue weighted by Gasteiger charge is 2.02. The van der Waals surface area contributed by atoms with Gasteiger partial charge in [-0.25, -0.2) is 0 Å². The summed E-state index contributed by atoms with van der Waals surface area (Å²) in [5.74, 6) is 3.11. The molecule has 2 rings (SSSR count). The fraction of sp³-hybridized carbons (Fsp3) is 0.350. The molecule has 0 aromatic heterocycles. The Morgan fingerprint density at radius 3 is 2.04 bits per heavy atom. The Labute approximate surface area is 153 Å². The third-order valence-corrected chi connectivity index (χ3v) is 4.79. The van der Waals surface area contributed by atoms with Gasteiger partial charge < -0.3 is 14.8 Å². The minimum atomic E-state index is 0.0910. The summed E-state index contributed by atoms with van der Waals surface area (Å²) in [7, 11) is 3.32. The molecule has 2 aromatic carbocycles. The number of rotatable bonds is 10. The topological polar surface area (TPSA) is 47.6 Å². The van der Waals surface area contributed by atoms with E-state index in [0.29, 0.717) is 12.3 Å². The Kier molecular flexibility index (Phi) is 8.19. The molecule has 0 spiro atoms. The van der Waals surface area contributed by atoms with Crippen molar-refractivity contribution >= 4 is 17.7 Å². The minimum absolute atomic E-state index is 0.0910. The fourth-order valence-corrected chi connectivity index (χ4v) is 3.16. The number of hydrogen-bond donors (Lipinski definition) is 1. The van der Waals surface area contributed by atoms with E-state index in [0.717, 1.165) is 30.1 Å². The number of benzene rings is 2. The molecule has 4 nitrogen and oxygen atoms in total. The Balaban J connectivity index is 1.57. The average Bonchev–Trinajstić information content (AvgIpc) is 2.66. The third kappa shape index (κ3) is 7.10. The normalized spacial score (nSPS) is 10.3. The molecule has 0 heterocycles. The van der Waals surface area contributed by atoms with Crippen LogP contribution in [0.2, 0.25) is 0 Å². The summed E-state index contributed by atoms with van der Waals surface area (Å²) in [5, 5.41) is 2.98. The van der Waals surface area contributed by atoms with Crippen LogP contribution in [-0.2, 0) is 17.0 Å². The van der Waals surface area contributed by atoms with E-state index in [2.05, 4.69) is 17.4 Å². The molecular weight excluding hydrogens is 334 g/mol. The minimum Gasteiger partial charge on any atom is -0.497 e. The molecule has 0 aliphatic heterocycles. The van der Waals surface area contributed by atoms with Gasteiger partial charge in [0.2, 0.25) is 5.91 Å². The van der Waals surface area contributed by atoms with Crippen LogP contribution < -0.4 is 14.8 Å². The highest BCUT2D eigenvalue weighted by Crippen LogP contribution is 2.16. The fourth-order valence-electron chi connectivity index (χ4n) is 2.35. The van der Waals surface area contributed by atoms with Crippen LogP contribution in [-0.4, -0.2) is 32.4 Å². The summed E-state index contributed by atoms with van der Waals surface area (Å²) < 4.78 is 10.3. The number of aryl methyl sites for hydroxylation is 1. The molecule has 0 fully saturated rings. The van der Waals surface area contributed by atoms with Crippen LogP contribution in [0.5, 0.6) is 11.5 Å².